The Balaban J connectivity index is 2.68. The number of carboxylic acid groups (broad SMARTS) is 1. The van der Waals surface area contributed by atoms with E-state index in [4.69, 9.17) is 0 Å². The van der Waals surface area contributed by atoms with Crippen LogP contribution >= 0.6 is 0 Å². The van der Waals surface area contributed by atoms with Crippen molar-refractivity contribution in [2.75, 3.05) is 20.6 Å². The predicted octanol–water partition coefficient (Wildman–Crippen LogP) is 1.81. The highest BCUT2D eigenvalue weighted by atomic mass is 16.4. The lowest BCUT2D eigenvalue weighted by molar-refractivity contribution is -0.146. The molecule has 1 saturated carbocycles. The van der Waals surface area contributed by atoms with Crippen LogP contribution in [0.4, 0.5) is 0 Å². The molecule has 0 spiro atoms. The minimum Gasteiger partial charge on any atom is -0.480 e. The molecule has 1 aliphatic rings. The Bertz CT molecular complexity index is 290. The Morgan fingerprint density at radius 2 is 2.00 bits per heavy atom. The van der Waals surface area contributed by atoms with Gasteiger partial charge in [-0.1, -0.05) is 13.8 Å². The van der Waals surface area contributed by atoms with E-state index in [2.05, 4.69) is 31.0 Å². The molecule has 2 atom stereocenters. The Labute approximate surface area is 111 Å². The van der Waals surface area contributed by atoms with Gasteiger partial charge in [-0.3, -0.25) is 4.79 Å². The quantitative estimate of drug-likeness (QED) is 0.695. The van der Waals surface area contributed by atoms with Crippen LogP contribution in [0.5, 0.6) is 0 Å². The lowest BCUT2D eigenvalue weighted by Crippen LogP contribution is -2.60. The number of rotatable bonds is 8. The molecule has 1 rings (SSSR count). The van der Waals surface area contributed by atoms with Gasteiger partial charge in [0.25, 0.3) is 0 Å². The van der Waals surface area contributed by atoms with Gasteiger partial charge in [-0.15, -0.1) is 0 Å². The summed E-state index contributed by atoms with van der Waals surface area (Å²) in [6, 6.07) is 0.413. The number of nitrogens with zero attached hydrogens (tertiary/aromatic N) is 1. The zero-order valence-electron chi connectivity index (χ0n) is 12.4. The minimum atomic E-state index is -0.764. The van der Waals surface area contributed by atoms with Crippen LogP contribution in [0.2, 0.25) is 0 Å². The van der Waals surface area contributed by atoms with Crippen molar-refractivity contribution < 1.29 is 9.90 Å². The third kappa shape index (κ3) is 3.45. The van der Waals surface area contributed by atoms with Crippen LogP contribution in [0.25, 0.3) is 0 Å². The summed E-state index contributed by atoms with van der Waals surface area (Å²) in [7, 11) is 3.80. The van der Waals surface area contributed by atoms with E-state index in [1.165, 1.54) is 0 Å². The van der Waals surface area contributed by atoms with E-state index >= 15 is 0 Å². The van der Waals surface area contributed by atoms with Gasteiger partial charge in [-0.2, -0.15) is 0 Å². The number of hydrogen-bond donors (Lipinski definition) is 2. The monoisotopic (exact) mass is 256 g/mol. The van der Waals surface area contributed by atoms with Crippen molar-refractivity contribution >= 4 is 5.97 Å². The lowest BCUT2D eigenvalue weighted by Gasteiger charge is -2.36. The summed E-state index contributed by atoms with van der Waals surface area (Å²) >= 11 is 0. The van der Waals surface area contributed by atoms with Crippen LogP contribution in [-0.4, -0.2) is 48.2 Å². The first-order chi connectivity index (χ1) is 8.33. The molecule has 4 nitrogen and oxygen atoms in total. The summed E-state index contributed by atoms with van der Waals surface area (Å²) in [5.41, 5.74) is -0.764. The van der Waals surface area contributed by atoms with Crippen LogP contribution in [0.3, 0.4) is 0 Å². The normalized spacial score (nSPS) is 21.1. The molecule has 0 radical (unpaired) electrons. The number of aliphatic carboxylic acids is 1. The van der Waals surface area contributed by atoms with Crippen molar-refractivity contribution in [1.82, 2.24) is 10.2 Å². The van der Waals surface area contributed by atoms with E-state index < -0.39 is 11.5 Å². The van der Waals surface area contributed by atoms with E-state index in [0.29, 0.717) is 18.5 Å². The molecule has 0 bridgehead atoms. The molecule has 0 aliphatic heterocycles. The summed E-state index contributed by atoms with van der Waals surface area (Å²) in [6.07, 6.45) is 3.15. The predicted molar refractivity (Wildman–Crippen MR) is 73.7 cm³/mol. The molecule has 0 aromatic carbocycles. The first-order valence-electron chi connectivity index (χ1n) is 6.96. The Kier molecular flexibility index (Phi) is 5.17. The zero-order valence-corrected chi connectivity index (χ0v) is 12.4. The summed E-state index contributed by atoms with van der Waals surface area (Å²) in [5, 5.41) is 12.6. The average molecular weight is 256 g/mol. The average Bonchev–Trinajstić information content (AvgIpc) is 3.08. The van der Waals surface area contributed by atoms with Gasteiger partial charge in [-0.05, 0) is 52.1 Å². The fourth-order valence-corrected chi connectivity index (χ4v) is 2.75. The highest BCUT2D eigenvalue weighted by Crippen LogP contribution is 2.40. The van der Waals surface area contributed by atoms with E-state index in [0.717, 1.165) is 19.3 Å². The summed E-state index contributed by atoms with van der Waals surface area (Å²) in [4.78, 5) is 13.8. The van der Waals surface area contributed by atoms with Gasteiger partial charge in [-0.25, -0.2) is 0 Å². The first kappa shape index (κ1) is 15.4. The molecule has 0 aromatic heterocycles. The third-order valence-electron chi connectivity index (χ3n) is 4.17. The molecule has 2 N–H and O–H groups in total. The van der Waals surface area contributed by atoms with Gasteiger partial charge in [0.05, 0.1) is 0 Å². The van der Waals surface area contributed by atoms with Gasteiger partial charge in [0.2, 0.25) is 0 Å². The number of carbonyl (C=O) groups is 1. The second-order valence-electron chi connectivity index (χ2n) is 6.19. The van der Waals surface area contributed by atoms with Gasteiger partial charge >= 0.3 is 5.97 Å². The topological polar surface area (TPSA) is 52.6 Å². The lowest BCUT2D eigenvalue weighted by atomic mass is 9.91. The van der Waals surface area contributed by atoms with Gasteiger partial charge in [0, 0.05) is 12.6 Å². The van der Waals surface area contributed by atoms with Crippen LogP contribution < -0.4 is 5.32 Å². The SMILES string of the molecule is CNC(CN(C)C(C)CC(C)C)(C(=O)O)C1CC1. The standard InChI is InChI=1S/C14H28N2O2/c1-10(2)8-11(3)16(5)9-14(15-4,13(17)18)12-6-7-12/h10-12,15H,6-9H2,1-5H3,(H,17,18). The highest BCUT2D eigenvalue weighted by Gasteiger charge is 2.51. The van der Waals surface area contributed by atoms with Crippen LogP contribution in [0, 0.1) is 11.8 Å². The first-order valence-corrected chi connectivity index (χ1v) is 6.96. The second kappa shape index (κ2) is 6.02. The third-order valence-corrected chi connectivity index (χ3v) is 4.17. The van der Waals surface area contributed by atoms with Gasteiger partial charge < -0.3 is 15.3 Å². The van der Waals surface area contributed by atoms with Gasteiger partial charge in [0.1, 0.15) is 5.54 Å². The number of nitrogens with one attached hydrogen (secondary N) is 1. The minimum absolute atomic E-state index is 0.286. The van der Waals surface area contributed by atoms with Crippen molar-refractivity contribution in [3.8, 4) is 0 Å². The van der Waals surface area contributed by atoms with Crippen LogP contribution in [-0.2, 0) is 4.79 Å². The van der Waals surface area contributed by atoms with E-state index in [1.807, 2.05) is 7.05 Å². The largest absolute Gasteiger partial charge is 0.480 e. The summed E-state index contributed by atoms with van der Waals surface area (Å²) in [5.74, 6) is 0.210. The zero-order chi connectivity index (χ0) is 13.9. The van der Waals surface area contributed by atoms with Crippen LogP contribution in [0.15, 0.2) is 0 Å². The molecule has 0 heterocycles. The molecule has 0 amide bonds. The van der Waals surface area contributed by atoms with E-state index in [9.17, 15) is 9.90 Å². The smallest absolute Gasteiger partial charge is 0.325 e. The van der Waals surface area contributed by atoms with Crippen molar-refractivity contribution in [3.05, 3.63) is 0 Å². The molecule has 2 unspecified atom stereocenters. The van der Waals surface area contributed by atoms with Crippen LogP contribution in [0.1, 0.15) is 40.0 Å². The Morgan fingerprint density at radius 3 is 2.33 bits per heavy atom. The highest BCUT2D eigenvalue weighted by molar-refractivity contribution is 5.80. The second-order valence-corrected chi connectivity index (χ2v) is 6.19. The maximum atomic E-state index is 11.6. The molecule has 0 saturated heterocycles. The van der Waals surface area contributed by atoms with Gasteiger partial charge in [0.15, 0.2) is 0 Å². The molecule has 106 valence electrons. The molecule has 4 heteroatoms. The molecule has 1 fully saturated rings. The van der Waals surface area contributed by atoms with E-state index in [1.54, 1.807) is 7.05 Å². The number of likely N-dealkylation sites (N-methyl/N-ethyl adjacent to an activating group) is 2. The maximum absolute atomic E-state index is 11.6. The Morgan fingerprint density at radius 1 is 1.44 bits per heavy atom. The molecular weight excluding hydrogens is 228 g/mol. The molecule has 18 heavy (non-hydrogen) atoms. The molecular formula is C14H28N2O2. The van der Waals surface area contributed by atoms with Crippen molar-refractivity contribution in [2.24, 2.45) is 11.8 Å². The summed E-state index contributed by atoms with van der Waals surface area (Å²) in [6.45, 7) is 7.16. The molecule has 1 aliphatic carbocycles. The maximum Gasteiger partial charge on any atom is 0.325 e. The Hall–Kier alpha value is -0.610. The number of hydrogen-bond acceptors (Lipinski definition) is 3. The number of carboxylic acids is 1. The van der Waals surface area contributed by atoms with E-state index in [-0.39, 0.29) is 5.92 Å². The van der Waals surface area contributed by atoms with Crippen molar-refractivity contribution in [1.29, 1.82) is 0 Å². The summed E-state index contributed by atoms with van der Waals surface area (Å²) < 4.78 is 0. The fraction of sp³-hybridized carbons (Fsp3) is 0.929. The fourth-order valence-electron chi connectivity index (χ4n) is 2.75. The van der Waals surface area contributed by atoms with Crippen molar-refractivity contribution in [2.45, 2.75) is 51.6 Å². The van der Waals surface area contributed by atoms with Crippen molar-refractivity contribution in [3.63, 3.8) is 0 Å². The molecule has 0 aromatic rings.